The van der Waals surface area contributed by atoms with Crippen LogP contribution >= 0.6 is 11.6 Å². The first-order valence-corrected chi connectivity index (χ1v) is 5.82. The summed E-state index contributed by atoms with van der Waals surface area (Å²) in [5.41, 5.74) is 0.706. The summed E-state index contributed by atoms with van der Waals surface area (Å²) in [6, 6.07) is 3.14. The van der Waals surface area contributed by atoms with Crippen molar-refractivity contribution < 1.29 is 18.7 Å². The Kier molecular flexibility index (Phi) is 3.76. The molecule has 0 radical (unpaired) electrons. The molecule has 0 unspecified atom stereocenters. The van der Waals surface area contributed by atoms with Crippen molar-refractivity contribution >= 4 is 28.5 Å². The highest BCUT2D eigenvalue weighted by Crippen LogP contribution is 2.26. The van der Waals surface area contributed by atoms with Gasteiger partial charge in [0.25, 0.3) is 0 Å². The van der Waals surface area contributed by atoms with Crippen LogP contribution in [0.1, 0.15) is 5.56 Å². The summed E-state index contributed by atoms with van der Waals surface area (Å²) in [5.74, 6) is -0.0413. The summed E-state index contributed by atoms with van der Waals surface area (Å²) >= 11 is 5.70. The largest absolute Gasteiger partial charge is 0.481 e. The van der Waals surface area contributed by atoms with Gasteiger partial charge in [-0.05, 0) is 19.1 Å². The van der Waals surface area contributed by atoms with Crippen LogP contribution in [0.5, 0.6) is 5.75 Å². The number of esters is 1. The summed E-state index contributed by atoms with van der Waals surface area (Å²) < 4.78 is 15.1. The molecule has 1 aromatic heterocycles. The number of methoxy groups -OCH3 is 1. The number of aryl methyl sites for hydroxylation is 1. The maximum Gasteiger partial charge on any atom is 0.343 e. The van der Waals surface area contributed by atoms with E-state index in [1.54, 1.807) is 19.1 Å². The number of halogens is 1. The first kappa shape index (κ1) is 13.4. The van der Waals surface area contributed by atoms with Crippen LogP contribution in [0.3, 0.4) is 0 Å². The number of hydrogen-bond donors (Lipinski definition) is 0. The quantitative estimate of drug-likeness (QED) is 0.808. The summed E-state index contributed by atoms with van der Waals surface area (Å²) in [5, 5.41) is 0.394. The zero-order chi connectivity index (χ0) is 14.0. The van der Waals surface area contributed by atoms with Crippen molar-refractivity contribution in [1.82, 2.24) is 0 Å². The van der Waals surface area contributed by atoms with Gasteiger partial charge in [0.05, 0.1) is 12.5 Å². The third-order valence-electron chi connectivity index (χ3n) is 2.67. The Bertz CT molecular complexity index is 689. The molecule has 100 valence electrons. The Balaban J connectivity index is 2.44. The van der Waals surface area contributed by atoms with Gasteiger partial charge in [0, 0.05) is 5.56 Å². The molecule has 0 fully saturated rings. The van der Waals surface area contributed by atoms with Crippen LogP contribution < -0.4 is 10.2 Å². The Labute approximate surface area is 113 Å². The zero-order valence-corrected chi connectivity index (χ0v) is 11.1. The van der Waals surface area contributed by atoms with Gasteiger partial charge in [-0.25, -0.2) is 4.79 Å². The molecular weight excluding hydrogens is 272 g/mol. The molecule has 0 saturated carbocycles. The van der Waals surface area contributed by atoms with E-state index in [9.17, 15) is 9.59 Å². The molecular formula is C13H11ClO5. The molecule has 19 heavy (non-hydrogen) atoms. The first-order valence-electron chi connectivity index (χ1n) is 5.45. The standard InChI is InChI=1S/C13H11ClO5/c1-7-10(18-6-11(15)17-2)4-3-8-12(16)9(14)5-19-13(7)8/h3-5H,6H2,1-2H3. The molecule has 0 aliphatic carbocycles. The van der Waals surface area contributed by atoms with E-state index in [2.05, 4.69) is 4.74 Å². The van der Waals surface area contributed by atoms with Gasteiger partial charge in [0.1, 0.15) is 22.6 Å². The van der Waals surface area contributed by atoms with Gasteiger partial charge in [-0.3, -0.25) is 4.79 Å². The van der Waals surface area contributed by atoms with E-state index in [-0.39, 0.29) is 17.1 Å². The minimum atomic E-state index is -0.489. The fraction of sp³-hybridized carbons (Fsp3) is 0.231. The average Bonchev–Trinajstić information content (AvgIpc) is 2.42. The molecule has 6 heteroatoms. The number of carbonyl (C=O) groups excluding carboxylic acids is 1. The second kappa shape index (κ2) is 5.32. The van der Waals surface area contributed by atoms with E-state index >= 15 is 0 Å². The normalized spacial score (nSPS) is 10.5. The van der Waals surface area contributed by atoms with Crippen molar-refractivity contribution in [2.24, 2.45) is 0 Å². The van der Waals surface area contributed by atoms with Crippen molar-refractivity contribution in [2.75, 3.05) is 13.7 Å². The van der Waals surface area contributed by atoms with Crippen LogP contribution in [0.4, 0.5) is 0 Å². The van der Waals surface area contributed by atoms with Crippen molar-refractivity contribution in [3.8, 4) is 5.75 Å². The third-order valence-corrected chi connectivity index (χ3v) is 2.93. The van der Waals surface area contributed by atoms with E-state index < -0.39 is 5.97 Å². The van der Waals surface area contributed by atoms with Crippen molar-refractivity contribution in [3.63, 3.8) is 0 Å². The highest BCUT2D eigenvalue weighted by atomic mass is 35.5. The lowest BCUT2D eigenvalue weighted by Crippen LogP contribution is -2.13. The lowest BCUT2D eigenvalue weighted by atomic mass is 10.1. The van der Waals surface area contributed by atoms with Crippen molar-refractivity contribution in [3.05, 3.63) is 39.2 Å². The SMILES string of the molecule is COC(=O)COc1ccc2c(=O)c(Cl)coc2c1C. The molecule has 0 aliphatic heterocycles. The Morgan fingerprint density at radius 2 is 2.16 bits per heavy atom. The minimum absolute atomic E-state index is 0.0233. The average molecular weight is 283 g/mol. The molecule has 0 spiro atoms. The van der Waals surface area contributed by atoms with Crippen molar-refractivity contribution in [2.45, 2.75) is 6.92 Å². The maximum absolute atomic E-state index is 11.8. The molecule has 1 aromatic carbocycles. The van der Waals surface area contributed by atoms with Crippen LogP contribution in [0.25, 0.3) is 11.0 Å². The maximum atomic E-state index is 11.8. The van der Waals surface area contributed by atoms with Crippen molar-refractivity contribution in [1.29, 1.82) is 0 Å². The Morgan fingerprint density at radius 1 is 1.42 bits per heavy atom. The molecule has 0 bridgehead atoms. The molecule has 2 aromatic rings. The monoisotopic (exact) mass is 282 g/mol. The van der Waals surface area contributed by atoms with E-state index in [4.69, 9.17) is 20.8 Å². The van der Waals surface area contributed by atoms with Crippen LogP contribution in [0.2, 0.25) is 5.02 Å². The molecule has 0 N–H and O–H groups in total. The molecule has 2 rings (SSSR count). The second-order valence-electron chi connectivity index (χ2n) is 3.84. The van der Waals surface area contributed by atoms with E-state index in [1.165, 1.54) is 13.4 Å². The number of fused-ring (bicyclic) bond motifs is 1. The van der Waals surface area contributed by atoms with Crippen LogP contribution in [0.15, 0.2) is 27.6 Å². The predicted molar refractivity (Wildman–Crippen MR) is 69.7 cm³/mol. The van der Waals surface area contributed by atoms with Gasteiger partial charge in [-0.1, -0.05) is 11.6 Å². The van der Waals surface area contributed by atoms with Gasteiger partial charge in [0.2, 0.25) is 5.43 Å². The molecule has 0 saturated heterocycles. The second-order valence-corrected chi connectivity index (χ2v) is 4.25. The predicted octanol–water partition coefficient (Wildman–Crippen LogP) is 2.31. The summed E-state index contributed by atoms with van der Waals surface area (Å²) in [4.78, 5) is 22.8. The summed E-state index contributed by atoms with van der Waals surface area (Å²) in [6.45, 7) is 1.52. The van der Waals surface area contributed by atoms with Gasteiger partial charge >= 0.3 is 5.97 Å². The first-order chi connectivity index (χ1) is 9.04. The fourth-order valence-electron chi connectivity index (χ4n) is 1.65. The highest BCUT2D eigenvalue weighted by molar-refractivity contribution is 6.30. The lowest BCUT2D eigenvalue weighted by molar-refractivity contribution is -0.142. The smallest absolute Gasteiger partial charge is 0.343 e. The van der Waals surface area contributed by atoms with Gasteiger partial charge < -0.3 is 13.9 Å². The van der Waals surface area contributed by atoms with E-state index in [0.717, 1.165) is 0 Å². The Morgan fingerprint density at radius 3 is 2.84 bits per heavy atom. The number of hydrogen-bond acceptors (Lipinski definition) is 5. The van der Waals surface area contributed by atoms with Crippen LogP contribution in [0, 0.1) is 6.92 Å². The van der Waals surface area contributed by atoms with Crippen LogP contribution in [-0.4, -0.2) is 19.7 Å². The topological polar surface area (TPSA) is 65.7 Å². The zero-order valence-electron chi connectivity index (χ0n) is 10.4. The minimum Gasteiger partial charge on any atom is -0.481 e. The number of ether oxygens (including phenoxy) is 2. The van der Waals surface area contributed by atoms with Gasteiger partial charge in [-0.2, -0.15) is 0 Å². The van der Waals surface area contributed by atoms with Gasteiger partial charge in [-0.15, -0.1) is 0 Å². The molecule has 0 amide bonds. The highest BCUT2D eigenvalue weighted by Gasteiger charge is 2.12. The number of benzene rings is 1. The van der Waals surface area contributed by atoms with E-state index in [1.807, 2.05) is 0 Å². The molecule has 5 nitrogen and oxygen atoms in total. The lowest BCUT2D eigenvalue weighted by Gasteiger charge is -2.09. The third kappa shape index (κ3) is 2.56. The molecule has 0 aliphatic rings. The van der Waals surface area contributed by atoms with E-state index in [0.29, 0.717) is 22.3 Å². The summed E-state index contributed by atoms with van der Waals surface area (Å²) in [6.07, 6.45) is 1.18. The van der Waals surface area contributed by atoms with Gasteiger partial charge in [0.15, 0.2) is 6.61 Å². The summed E-state index contributed by atoms with van der Waals surface area (Å²) in [7, 11) is 1.28. The molecule has 1 heterocycles. The fourth-order valence-corrected chi connectivity index (χ4v) is 1.80. The van der Waals surface area contributed by atoms with Crippen LogP contribution in [-0.2, 0) is 9.53 Å². The molecule has 0 atom stereocenters. The number of rotatable bonds is 3. The number of carbonyl (C=O) groups is 1. The Hall–Kier alpha value is -2.01.